The largest absolute Gasteiger partial charge is 0.453 e. The van der Waals surface area contributed by atoms with Crippen molar-refractivity contribution in [1.82, 2.24) is 0 Å². The fraction of sp³-hybridized carbons (Fsp3) is 0.438. The first-order chi connectivity index (χ1) is 9.72. The molecule has 4 heteroatoms. The van der Waals surface area contributed by atoms with Gasteiger partial charge in [0.1, 0.15) is 5.58 Å². The minimum absolute atomic E-state index is 0.0338. The molecule has 3 rings (SSSR count). The lowest BCUT2D eigenvalue weighted by molar-refractivity contribution is 0.0103. The zero-order chi connectivity index (χ0) is 13.9. The summed E-state index contributed by atoms with van der Waals surface area (Å²) in [6, 6.07) is 7.13. The lowest BCUT2D eigenvalue weighted by Crippen LogP contribution is -2.19. The molecular weight excluding hydrogens is 276 g/mol. The van der Waals surface area contributed by atoms with Crippen LogP contribution >= 0.6 is 11.6 Å². The Morgan fingerprint density at radius 2 is 2.20 bits per heavy atom. The fourth-order valence-corrected chi connectivity index (χ4v) is 2.78. The third-order valence-corrected chi connectivity index (χ3v) is 3.96. The van der Waals surface area contributed by atoms with Crippen LogP contribution in [0.25, 0.3) is 11.0 Å². The molecule has 1 aliphatic heterocycles. The molecule has 2 aromatic rings. The Bertz CT molecular complexity index is 611. The Morgan fingerprint density at radius 3 is 3.00 bits per heavy atom. The molecule has 20 heavy (non-hydrogen) atoms. The summed E-state index contributed by atoms with van der Waals surface area (Å²) in [5, 5.41) is 1.52. The van der Waals surface area contributed by atoms with Crippen molar-refractivity contribution in [2.75, 3.05) is 6.61 Å². The average Bonchev–Trinajstić information content (AvgIpc) is 2.89. The number of ether oxygens (including phenoxy) is 1. The molecule has 2 heterocycles. The number of rotatable bonds is 4. The molecule has 1 fully saturated rings. The van der Waals surface area contributed by atoms with Crippen molar-refractivity contribution in [2.45, 2.75) is 38.2 Å². The summed E-state index contributed by atoms with van der Waals surface area (Å²) in [5.74, 6) is 0.449. The number of furan rings is 1. The molecule has 0 saturated carbocycles. The maximum atomic E-state index is 12.2. The van der Waals surface area contributed by atoms with E-state index in [1.807, 2.05) is 0 Å². The monoisotopic (exact) mass is 292 g/mol. The molecule has 1 aromatic heterocycles. The van der Waals surface area contributed by atoms with Gasteiger partial charge in [0.2, 0.25) is 0 Å². The fourth-order valence-electron chi connectivity index (χ4n) is 2.60. The third-order valence-electron chi connectivity index (χ3n) is 3.72. The van der Waals surface area contributed by atoms with E-state index in [1.54, 1.807) is 24.3 Å². The highest BCUT2D eigenvalue weighted by Gasteiger charge is 2.18. The van der Waals surface area contributed by atoms with Gasteiger partial charge >= 0.3 is 0 Å². The number of hydrogen-bond donors (Lipinski definition) is 0. The van der Waals surface area contributed by atoms with Crippen molar-refractivity contribution >= 4 is 28.4 Å². The van der Waals surface area contributed by atoms with Crippen LogP contribution in [0.1, 0.15) is 42.7 Å². The molecule has 1 aliphatic rings. The number of halogens is 1. The van der Waals surface area contributed by atoms with Crippen LogP contribution in [0.4, 0.5) is 0 Å². The summed E-state index contributed by atoms with van der Waals surface area (Å²) >= 11 is 5.93. The molecule has 0 radical (unpaired) electrons. The van der Waals surface area contributed by atoms with Crippen molar-refractivity contribution < 1.29 is 13.9 Å². The number of fused-ring (bicyclic) bond motifs is 1. The van der Waals surface area contributed by atoms with Gasteiger partial charge in [-0.3, -0.25) is 4.79 Å². The Morgan fingerprint density at radius 1 is 1.30 bits per heavy atom. The van der Waals surface area contributed by atoms with Crippen LogP contribution < -0.4 is 0 Å². The second kappa shape index (κ2) is 5.98. The van der Waals surface area contributed by atoms with Crippen LogP contribution in [0.5, 0.6) is 0 Å². The van der Waals surface area contributed by atoms with E-state index in [4.69, 9.17) is 20.8 Å². The van der Waals surface area contributed by atoms with Crippen molar-refractivity contribution in [1.29, 1.82) is 0 Å². The van der Waals surface area contributed by atoms with Crippen LogP contribution in [-0.2, 0) is 4.74 Å². The van der Waals surface area contributed by atoms with Crippen LogP contribution in [0, 0.1) is 0 Å². The van der Waals surface area contributed by atoms with Gasteiger partial charge < -0.3 is 9.15 Å². The summed E-state index contributed by atoms with van der Waals surface area (Å²) in [6.45, 7) is 0.821. The smallest absolute Gasteiger partial charge is 0.198 e. The first-order valence-corrected chi connectivity index (χ1v) is 7.44. The quantitative estimate of drug-likeness (QED) is 0.772. The first-order valence-electron chi connectivity index (χ1n) is 7.06. The van der Waals surface area contributed by atoms with Gasteiger partial charge in [0.25, 0.3) is 0 Å². The Labute approximate surface area is 122 Å². The van der Waals surface area contributed by atoms with Crippen LogP contribution in [0.2, 0.25) is 5.02 Å². The van der Waals surface area contributed by atoms with E-state index >= 15 is 0 Å². The van der Waals surface area contributed by atoms with Crippen LogP contribution in [0.15, 0.2) is 28.7 Å². The van der Waals surface area contributed by atoms with E-state index in [0.29, 0.717) is 22.8 Å². The summed E-state index contributed by atoms with van der Waals surface area (Å²) in [7, 11) is 0. The Hall–Kier alpha value is -1.32. The molecule has 1 aromatic carbocycles. The molecule has 0 amide bonds. The zero-order valence-electron chi connectivity index (χ0n) is 11.2. The lowest BCUT2D eigenvalue weighted by atomic mass is 10.0. The van der Waals surface area contributed by atoms with Gasteiger partial charge in [0.05, 0.1) is 6.10 Å². The summed E-state index contributed by atoms with van der Waals surface area (Å²) in [4.78, 5) is 12.2. The van der Waals surface area contributed by atoms with E-state index in [1.165, 1.54) is 6.42 Å². The molecule has 1 atom stereocenters. The highest BCUT2D eigenvalue weighted by molar-refractivity contribution is 6.31. The van der Waals surface area contributed by atoms with E-state index < -0.39 is 0 Å². The standard InChI is InChI=1S/C16H17ClO3/c17-12-4-7-15-11(9-12)10-16(20-15)14(18)6-5-13-3-1-2-8-19-13/h4,7,9-10,13H,1-3,5-6,8H2. The number of ketones is 1. The van der Waals surface area contributed by atoms with Crippen molar-refractivity contribution in [3.8, 4) is 0 Å². The predicted molar refractivity (Wildman–Crippen MR) is 78.4 cm³/mol. The zero-order valence-corrected chi connectivity index (χ0v) is 12.0. The first kappa shape index (κ1) is 13.7. The highest BCUT2D eigenvalue weighted by atomic mass is 35.5. The van der Waals surface area contributed by atoms with Crippen molar-refractivity contribution in [2.24, 2.45) is 0 Å². The summed E-state index contributed by atoms with van der Waals surface area (Å²) < 4.78 is 11.2. The topological polar surface area (TPSA) is 39.4 Å². The lowest BCUT2D eigenvalue weighted by Gasteiger charge is -2.21. The van der Waals surface area contributed by atoms with Crippen molar-refractivity contribution in [3.63, 3.8) is 0 Å². The summed E-state index contributed by atoms with van der Waals surface area (Å²) in [5.41, 5.74) is 0.701. The molecule has 0 bridgehead atoms. The van der Waals surface area contributed by atoms with E-state index in [9.17, 15) is 4.79 Å². The van der Waals surface area contributed by atoms with Gasteiger partial charge in [-0.15, -0.1) is 0 Å². The maximum Gasteiger partial charge on any atom is 0.198 e. The van der Waals surface area contributed by atoms with Gasteiger partial charge in [-0.1, -0.05) is 11.6 Å². The van der Waals surface area contributed by atoms with Gasteiger partial charge in [-0.2, -0.15) is 0 Å². The Balaban J connectivity index is 1.65. The molecule has 1 unspecified atom stereocenters. The van der Waals surface area contributed by atoms with Gasteiger partial charge in [0, 0.05) is 23.4 Å². The molecular formula is C16H17ClO3. The van der Waals surface area contributed by atoms with Crippen LogP contribution in [-0.4, -0.2) is 18.5 Å². The molecule has 106 valence electrons. The predicted octanol–water partition coefficient (Wildman–Crippen LogP) is 4.62. The van der Waals surface area contributed by atoms with Crippen molar-refractivity contribution in [3.05, 3.63) is 35.0 Å². The van der Waals surface area contributed by atoms with Gasteiger partial charge in [0.15, 0.2) is 11.5 Å². The average molecular weight is 293 g/mol. The minimum atomic E-state index is 0.0338. The van der Waals surface area contributed by atoms with E-state index in [0.717, 1.165) is 31.3 Å². The molecule has 3 nitrogen and oxygen atoms in total. The number of carbonyl (C=O) groups excluding carboxylic acids is 1. The number of benzene rings is 1. The Kier molecular flexibility index (Phi) is 4.08. The second-order valence-corrected chi connectivity index (χ2v) is 5.68. The second-order valence-electron chi connectivity index (χ2n) is 5.24. The number of Topliss-reactive ketones (excluding diaryl/α,β-unsaturated/α-hetero) is 1. The molecule has 0 aliphatic carbocycles. The highest BCUT2D eigenvalue weighted by Crippen LogP contribution is 2.25. The number of hydrogen-bond acceptors (Lipinski definition) is 3. The third kappa shape index (κ3) is 3.05. The van der Waals surface area contributed by atoms with E-state index in [-0.39, 0.29) is 11.9 Å². The maximum absolute atomic E-state index is 12.2. The van der Waals surface area contributed by atoms with Crippen LogP contribution in [0.3, 0.4) is 0 Å². The summed E-state index contributed by atoms with van der Waals surface area (Å²) in [6.07, 6.45) is 4.86. The number of carbonyl (C=O) groups is 1. The van der Waals surface area contributed by atoms with Gasteiger partial charge in [-0.05, 0) is 49.9 Å². The molecule has 1 saturated heterocycles. The van der Waals surface area contributed by atoms with E-state index in [2.05, 4.69) is 0 Å². The van der Waals surface area contributed by atoms with Gasteiger partial charge in [-0.25, -0.2) is 0 Å². The molecule has 0 spiro atoms. The minimum Gasteiger partial charge on any atom is -0.453 e. The SMILES string of the molecule is O=C(CCC1CCCCO1)c1cc2cc(Cl)ccc2o1. The molecule has 0 N–H and O–H groups in total. The normalized spacial score (nSPS) is 19.4.